The molecule has 6 heteroatoms. The Morgan fingerprint density at radius 1 is 1.50 bits per heavy atom. The van der Waals surface area contributed by atoms with Gasteiger partial charge in [0.1, 0.15) is 12.1 Å². The second kappa shape index (κ2) is 3.28. The molecule has 1 aliphatic carbocycles. The van der Waals surface area contributed by atoms with Crippen molar-refractivity contribution in [3.05, 3.63) is 12.4 Å². The molecule has 0 spiro atoms. The average Bonchev–Trinajstić information content (AvgIpc) is 2.94. The van der Waals surface area contributed by atoms with E-state index in [1.165, 1.54) is 4.68 Å². The lowest BCUT2D eigenvalue weighted by Crippen LogP contribution is -2.65. The molecule has 2 fully saturated rings. The van der Waals surface area contributed by atoms with Gasteiger partial charge in [-0.05, 0) is 18.8 Å². The molecular formula is C10H14N4O2. The SMILES string of the molecule is O=C(Cn1ccnn1)N1CC(O)(C2CC2)C1. The minimum atomic E-state index is -0.599. The molecule has 0 radical (unpaired) electrons. The summed E-state index contributed by atoms with van der Waals surface area (Å²) in [5.41, 5.74) is -0.599. The van der Waals surface area contributed by atoms with Crippen LogP contribution in [0.15, 0.2) is 12.4 Å². The quantitative estimate of drug-likeness (QED) is 0.731. The lowest BCUT2D eigenvalue weighted by molar-refractivity contribution is -0.160. The van der Waals surface area contributed by atoms with Crippen LogP contribution >= 0.6 is 0 Å². The predicted molar refractivity (Wildman–Crippen MR) is 54.3 cm³/mol. The van der Waals surface area contributed by atoms with Gasteiger partial charge in [0.25, 0.3) is 0 Å². The molecule has 2 heterocycles. The van der Waals surface area contributed by atoms with E-state index in [-0.39, 0.29) is 12.5 Å². The van der Waals surface area contributed by atoms with E-state index in [2.05, 4.69) is 10.3 Å². The van der Waals surface area contributed by atoms with E-state index >= 15 is 0 Å². The fraction of sp³-hybridized carbons (Fsp3) is 0.700. The molecule has 0 atom stereocenters. The van der Waals surface area contributed by atoms with Crippen LogP contribution in [0.25, 0.3) is 0 Å². The lowest BCUT2D eigenvalue weighted by Gasteiger charge is -2.46. The summed E-state index contributed by atoms with van der Waals surface area (Å²) in [6, 6.07) is 0. The molecule has 16 heavy (non-hydrogen) atoms. The monoisotopic (exact) mass is 222 g/mol. The van der Waals surface area contributed by atoms with E-state index in [1.807, 2.05) is 0 Å². The van der Waals surface area contributed by atoms with Gasteiger partial charge in [-0.3, -0.25) is 4.79 Å². The molecule has 1 amide bonds. The Bertz CT molecular complexity index is 393. The van der Waals surface area contributed by atoms with Crippen molar-refractivity contribution in [2.24, 2.45) is 5.92 Å². The first kappa shape index (κ1) is 9.77. The highest BCUT2D eigenvalue weighted by Gasteiger charge is 2.53. The summed E-state index contributed by atoms with van der Waals surface area (Å²) >= 11 is 0. The number of carbonyl (C=O) groups is 1. The van der Waals surface area contributed by atoms with Crippen molar-refractivity contribution in [1.82, 2.24) is 19.9 Å². The average molecular weight is 222 g/mol. The van der Waals surface area contributed by atoms with E-state index in [0.29, 0.717) is 19.0 Å². The standard InChI is InChI=1S/C10H14N4O2/c15-9(5-14-4-3-11-12-14)13-6-10(16,7-13)8-1-2-8/h3-4,8,16H,1-2,5-7H2. The van der Waals surface area contributed by atoms with Gasteiger partial charge >= 0.3 is 0 Å². The zero-order valence-electron chi connectivity index (χ0n) is 8.91. The summed E-state index contributed by atoms with van der Waals surface area (Å²) in [4.78, 5) is 13.4. The molecule has 1 aromatic rings. The smallest absolute Gasteiger partial charge is 0.244 e. The van der Waals surface area contributed by atoms with Crippen molar-refractivity contribution >= 4 is 5.91 Å². The number of nitrogens with zero attached hydrogens (tertiary/aromatic N) is 4. The fourth-order valence-electron chi connectivity index (χ4n) is 2.23. The van der Waals surface area contributed by atoms with Crippen LogP contribution in [0.1, 0.15) is 12.8 Å². The molecule has 0 bridgehead atoms. The van der Waals surface area contributed by atoms with Crippen molar-refractivity contribution in [3.63, 3.8) is 0 Å². The van der Waals surface area contributed by atoms with Gasteiger partial charge < -0.3 is 10.0 Å². The first-order valence-corrected chi connectivity index (χ1v) is 5.52. The number of rotatable bonds is 3. The summed E-state index contributed by atoms with van der Waals surface area (Å²) in [6.45, 7) is 1.16. The summed E-state index contributed by atoms with van der Waals surface area (Å²) in [7, 11) is 0. The zero-order valence-corrected chi connectivity index (χ0v) is 8.91. The number of hydrogen-bond donors (Lipinski definition) is 1. The second-order valence-corrected chi connectivity index (χ2v) is 4.73. The maximum absolute atomic E-state index is 11.7. The topological polar surface area (TPSA) is 71.2 Å². The maximum atomic E-state index is 11.7. The molecule has 1 aromatic heterocycles. The van der Waals surface area contributed by atoms with Crippen molar-refractivity contribution in [3.8, 4) is 0 Å². The third-order valence-corrected chi connectivity index (χ3v) is 3.39. The molecule has 3 rings (SSSR count). The van der Waals surface area contributed by atoms with Crippen LogP contribution in [0.3, 0.4) is 0 Å². The maximum Gasteiger partial charge on any atom is 0.244 e. The first-order valence-electron chi connectivity index (χ1n) is 5.52. The van der Waals surface area contributed by atoms with E-state index in [0.717, 1.165) is 12.8 Å². The van der Waals surface area contributed by atoms with Crippen LogP contribution < -0.4 is 0 Å². The van der Waals surface area contributed by atoms with Crippen LogP contribution in [0.2, 0.25) is 0 Å². The summed E-state index contributed by atoms with van der Waals surface area (Å²) in [6.07, 6.45) is 5.40. The van der Waals surface area contributed by atoms with Gasteiger partial charge in [-0.1, -0.05) is 5.21 Å². The summed E-state index contributed by atoms with van der Waals surface area (Å²) in [5, 5.41) is 17.4. The Morgan fingerprint density at radius 3 is 2.81 bits per heavy atom. The normalized spacial score (nSPS) is 22.9. The summed E-state index contributed by atoms with van der Waals surface area (Å²) < 4.78 is 1.50. The summed E-state index contributed by atoms with van der Waals surface area (Å²) in [5.74, 6) is 0.416. The Morgan fingerprint density at radius 2 is 2.25 bits per heavy atom. The van der Waals surface area contributed by atoms with Crippen LogP contribution in [0, 0.1) is 5.92 Å². The molecule has 1 aliphatic heterocycles. The number of β-amino-alcohol motifs (C(OH)–C–C–N with tert-alkyl or cyclic N) is 1. The van der Waals surface area contributed by atoms with Crippen LogP contribution in [0.4, 0.5) is 0 Å². The predicted octanol–water partition coefficient (Wildman–Crippen LogP) is -0.739. The molecule has 0 unspecified atom stereocenters. The van der Waals surface area contributed by atoms with Gasteiger partial charge in [-0.25, -0.2) is 4.68 Å². The Balaban J connectivity index is 1.54. The largest absolute Gasteiger partial charge is 0.386 e. The highest BCUT2D eigenvalue weighted by molar-refractivity contribution is 5.77. The number of likely N-dealkylation sites (tertiary alicyclic amines) is 1. The van der Waals surface area contributed by atoms with Gasteiger partial charge in [0, 0.05) is 6.20 Å². The van der Waals surface area contributed by atoms with Gasteiger partial charge in [-0.15, -0.1) is 5.10 Å². The van der Waals surface area contributed by atoms with Crippen molar-refractivity contribution in [2.45, 2.75) is 25.0 Å². The molecule has 6 nitrogen and oxygen atoms in total. The Labute approximate surface area is 92.9 Å². The van der Waals surface area contributed by atoms with Crippen molar-refractivity contribution in [1.29, 1.82) is 0 Å². The highest BCUT2D eigenvalue weighted by atomic mass is 16.3. The van der Waals surface area contributed by atoms with Gasteiger partial charge in [0.2, 0.25) is 5.91 Å². The van der Waals surface area contributed by atoms with Crippen molar-refractivity contribution < 1.29 is 9.90 Å². The Hall–Kier alpha value is -1.43. The van der Waals surface area contributed by atoms with E-state index in [4.69, 9.17) is 0 Å². The molecular weight excluding hydrogens is 208 g/mol. The minimum absolute atomic E-state index is 0.00387. The molecule has 2 aliphatic rings. The Kier molecular flexibility index (Phi) is 2.00. The van der Waals surface area contributed by atoms with E-state index < -0.39 is 5.60 Å². The number of carbonyl (C=O) groups excluding carboxylic acids is 1. The van der Waals surface area contributed by atoms with Gasteiger partial charge in [-0.2, -0.15) is 0 Å². The second-order valence-electron chi connectivity index (χ2n) is 4.73. The third kappa shape index (κ3) is 1.59. The zero-order chi connectivity index (χ0) is 11.2. The van der Waals surface area contributed by atoms with Crippen molar-refractivity contribution in [2.75, 3.05) is 13.1 Å². The van der Waals surface area contributed by atoms with E-state index in [1.54, 1.807) is 17.3 Å². The minimum Gasteiger partial charge on any atom is -0.386 e. The molecule has 0 aromatic carbocycles. The number of hydrogen-bond acceptors (Lipinski definition) is 4. The first-order chi connectivity index (χ1) is 7.67. The van der Waals surface area contributed by atoms with Crippen LogP contribution in [-0.2, 0) is 11.3 Å². The van der Waals surface area contributed by atoms with Gasteiger partial charge in [0.15, 0.2) is 0 Å². The van der Waals surface area contributed by atoms with E-state index in [9.17, 15) is 9.90 Å². The van der Waals surface area contributed by atoms with Crippen LogP contribution in [0.5, 0.6) is 0 Å². The molecule has 86 valence electrons. The third-order valence-electron chi connectivity index (χ3n) is 3.39. The number of aliphatic hydroxyl groups is 1. The lowest BCUT2D eigenvalue weighted by atomic mass is 9.89. The molecule has 1 saturated heterocycles. The highest BCUT2D eigenvalue weighted by Crippen LogP contribution is 2.44. The van der Waals surface area contributed by atoms with Crippen LogP contribution in [-0.4, -0.2) is 49.6 Å². The number of amides is 1. The molecule has 1 N–H and O–H groups in total. The number of aromatic nitrogens is 3. The fourth-order valence-corrected chi connectivity index (χ4v) is 2.23. The molecule has 1 saturated carbocycles. The van der Waals surface area contributed by atoms with Gasteiger partial charge in [0.05, 0.1) is 19.3 Å².